The third-order valence-electron chi connectivity index (χ3n) is 6.04. The highest BCUT2D eigenvalue weighted by Gasteiger charge is 2.39. The number of hydrogen-bond acceptors (Lipinski definition) is 7. The quantitative estimate of drug-likeness (QED) is 0.370. The molecule has 1 heterocycles. The first-order chi connectivity index (χ1) is 17.2. The standard InChI is InChI=1S/C25H34N6O5/c1-5-21(6-2)36-23-12-17(25(34)35)11-22(24(23)28-16(4)33)31-14-20(29-30-31)13-26-18-7-9-19(10-8-18)27-15(3)32/h7-10,12,14,21-24,26H,5-6,11,13H2,1-4H3,(H,27,32)(H,28,33)(H,34,35)/t22-,23+,24+/m0/s1. The maximum absolute atomic E-state index is 12.0. The summed E-state index contributed by atoms with van der Waals surface area (Å²) in [5.41, 5.74) is 2.40. The van der Waals surface area contributed by atoms with E-state index in [1.165, 1.54) is 13.8 Å². The lowest BCUT2D eigenvalue weighted by Crippen LogP contribution is -2.52. The number of anilines is 2. The predicted molar refractivity (Wildman–Crippen MR) is 134 cm³/mol. The monoisotopic (exact) mass is 498 g/mol. The summed E-state index contributed by atoms with van der Waals surface area (Å²) in [6, 6.07) is 6.28. The molecule has 1 aromatic carbocycles. The molecule has 0 radical (unpaired) electrons. The number of aromatic nitrogens is 3. The number of nitrogens with one attached hydrogen (secondary N) is 3. The molecule has 194 valence electrons. The van der Waals surface area contributed by atoms with Gasteiger partial charge in [0.1, 0.15) is 5.69 Å². The second-order valence-corrected chi connectivity index (χ2v) is 8.84. The zero-order chi connectivity index (χ0) is 26.2. The molecule has 11 nitrogen and oxygen atoms in total. The summed E-state index contributed by atoms with van der Waals surface area (Å²) in [4.78, 5) is 35.1. The topological polar surface area (TPSA) is 147 Å². The van der Waals surface area contributed by atoms with Crippen LogP contribution in [0.3, 0.4) is 0 Å². The number of amides is 2. The van der Waals surface area contributed by atoms with Crippen LogP contribution in [0, 0.1) is 0 Å². The lowest BCUT2D eigenvalue weighted by Gasteiger charge is -2.37. The van der Waals surface area contributed by atoms with E-state index in [-0.39, 0.29) is 29.9 Å². The molecule has 0 saturated carbocycles. The number of carbonyl (C=O) groups is 3. The van der Waals surface area contributed by atoms with Crippen LogP contribution in [0.1, 0.15) is 58.7 Å². The average molecular weight is 499 g/mol. The van der Waals surface area contributed by atoms with Crippen molar-refractivity contribution in [3.05, 3.63) is 47.8 Å². The number of carboxylic acid groups (broad SMARTS) is 1. The van der Waals surface area contributed by atoms with Gasteiger partial charge in [-0.3, -0.25) is 9.59 Å². The number of benzene rings is 1. The molecule has 11 heteroatoms. The van der Waals surface area contributed by atoms with E-state index in [4.69, 9.17) is 4.74 Å². The molecule has 36 heavy (non-hydrogen) atoms. The molecule has 0 bridgehead atoms. The Morgan fingerprint density at radius 1 is 1.11 bits per heavy atom. The normalized spacial score (nSPS) is 19.5. The van der Waals surface area contributed by atoms with Gasteiger partial charge in [0.05, 0.1) is 37.0 Å². The molecular formula is C25H34N6O5. The minimum absolute atomic E-state index is 0.0659. The van der Waals surface area contributed by atoms with Crippen molar-refractivity contribution in [2.24, 2.45) is 0 Å². The van der Waals surface area contributed by atoms with Gasteiger partial charge in [0.25, 0.3) is 0 Å². The van der Waals surface area contributed by atoms with Gasteiger partial charge in [0, 0.05) is 37.2 Å². The second-order valence-electron chi connectivity index (χ2n) is 8.84. The van der Waals surface area contributed by atoms with Crippen molar-refractivity contribution in [1.82, 2.24) is 20.3 Å². The van der Waals surface area contributed by atoms with Gasteiger partial charge in [-0.25, -0.2) is 9.48 Å². The molecular weight excluding hydrogens is 464 g/mol. The van der Waals surface area contributed by atoms with Crippen molar-refractivity contribution < 1.29 is 24.2 Å². The van der Waals surface area contributed by atoms with E-state index in [9.17, 15) is 19.5 Å². The Labute approximate surface area is 210 Å². The van der Waals surface area contributed by atoms with Crippen LogP contribution in [0.15, 0.2) is 42.1 Å². The molecule has 0 unspecified atom stereocenters. The highest BCUT2D eigenvalue weighted by atomic mass is 16.5. The Bertz CT molecular complexity index is 1090. The maximum Gasteiger partial charge on any atom is 0.331 e. The molecule has 1 aliphatic rings. The lowest BCUT2D eigenvalue weighted by atomic mass is 9.87. The lowest BCUT2D eigenvalue weighted by molar-refractivity contribution is -0.133. The molecule has 0 saturated heterocycles. The fourth-order valence-electron chi connectivity index (χ4n) is 4.22. The van der Waals surface area contributed by atoms with Gasteiger partial charge in [-0.05, 0) is 43.2 Å². The first-order valence-corrected chi connectivity index (χ1v) is 12.1. The summed E-state index contributed by atoms with van der Waals surface area (Å²) in [6.07, 6.45) is 4.38. The zero-order valence-electron chi connectivity index (χ0n) is 21.0. The van der Waals surface area contributed by atoms with E-state index < -0.39 is 24.2 Å². The van der Waals surface area contributed by atoms with Crippen molar-refractivity contribution in [2.75, 3.05) is 10.6 Å². The summed E-state index contributed by atoms with van der Waals surface area (Å²) in [7, 11) is 0. The fraction of sp³-hybridized carbons (Fsp3) is 0.480. The average Bonchev–Trinajstić information content (AvgIpc) is 3.31. The van der Waals surface area contributed by atoms with E-state index in [0.717, 1.165) is 18.5 Å². The van der Waals surface area contributed by atoms with Crippen molar-refractivity contribution in [3.8, 4) is 0 Å². The summed E-state index contributed by atoms with van der Waals surface area (Å²) < 4.78 is 7.83. The molecule has 2 amide bonds. The molecule has 3 rings (SSSR count). The van der Waals surface area contributed by atoms with Crippen LogP contribution < -0.4 is 16.0 Å². The van der Waals surface area contributed by atoms with Gasteiger partial charge in [0.15, 0.2) is 0 Å². The first kappa shape index (κ1) is 26.9. The Balaban J connectivity index is 1.78. The number of hydrogen-bond donors (Lipinski definition) is 4. The van der Waals surface area contributed by atoms with Gasteiger partial charge in [-0.2, -0.15) is 0 Å². The number of ether oxygens (including phenoxy) is 1. The smallest absolute Gasteiger partial charge is 0.331 e. The second kappa shape index (κ2) is 12.3. The number of rotatable bonds is 11. The predicted octanol–water partition coefficient (Wildman–Crippen LogP) is 2.88. The highest BCUT2D eigenvalue weighted by molar-refractivity contribution is 5.89. The highest BCUT2D eigenvalue weighted by Crippen LogP contribution is 2.32. The third-order valence-corrected chi connectivity index (χ3v) is 6.04. The van der Waals surface area contributed by atoms with Gasteiger partial charge >= 0.3 is 5.97 Å². The largest absolute Gasteiger partial charge is 0.478 e. The van der Waals surface area contributed by atoms with Crippen LogP contribution in [0.25, 0.3) is 0 Å². The van der Waals surface area contributed by atoms with Crippen molar-refractivity contribution in [3.63, 3.8) is 0 Å². The molecule has 0 fully saturated rings. The number of nitrogens with zero attached hydrogens (tertiary/aromatic N) is 3. The van der Waals surface area contributed by atoms with E-state index in [2.05, 4.69) is 26.3 Å². The molecule has 1 aromatic heterocycles. The summed E-state index contributed by atoms with van der Waals surface area (Å²) in [5, 5.41) is 27.1. The van der Waals surface area contributed by atoms with E-state index >= 15 is 0 Å². The van der Waals surface area contributed by atoms with Crippen molar-refractivity contribution in [1.29, 1.82) is 0 Å². The minimum atomic E-state index is -1.02. The Hall–Kier alpha value is -3.73. The number of carboxylic acids is 1. The Kier molecular flexibility index (Phi) is 9.18. The van der Waals surface area contributed by atoms with Crippen LogP contribution >= 0.6 is 0 Å². The van der Waals surface area contributed by atoms with Gasteiger partial charge < -0.3 is 25.8 Å². The van der Waals surface area contributed by atoms with Crippen LogP contribution in [-0.2, 0) is 25.7 Å². The SMILES string of the molecule is CCC(CC)O[C@@H]1C=C(C(=O)O)C[C@H](n2cc(CNc3ccc(NC(C)=O)cc3)nn2)[C@H]1NC(C)=O. The van der Waals surface area contributed by atoms with E-state index in [1.807, 2.05) is 26.0 Å². The van der Waals surface area contributed by atoms with E-state index in [1.54, 1.807) is 29.1 Å². The molecule has 3 atom stereocenters. The van der Waals surface area contributed by atoms with Gasteiger partial charge in [-0.15, -0.1) is 5.10 Å². The van der Waals surface area contributed by atoms with Crippen LogP contribution in [0.4, 0.5) is 11.4 Å². The van der Waals surface area contributed by atoms with Crippen molar-refractivity contribution >= 4 is 29.2 Å². The van der Waals surface area contributed by atoms with Gasteiger partial charge in [0.2, 0.25) is 11.8 Å². The van der Waals surface area contributed by atoms with Crippen LogP contribution in [-0.4, -0.2) is 56.1 Å². The summed E-state index contributed by atoms with van der Waals surface area (Å²) in [6.45, 7) is 7.28. The molecule has 1 aliphatic carbocycles. The third kappa shape index (κ3) is 7.14. The molecule has 2 aromatic rings. The summed E-state index contributed by atoms with van der Waals surface area (Å²) in [5.74, 6) is -1.40. The zero-order valence-corrected chi connectivity index (χ0v) is 21.0. The van der Waals surface area contributed by atoms with Gasteiger partial charge in [-0.1, -0.05) is 19.1 Å². The first-order valence-electron chi connectivity index (χ1n) is 12.1. The van der Waals surface area contributed by atoms with Crippen LogP contribution in [0.5, 0.6) is 0 Å². The molecule has 0 aliphatic heterocycles. The Morgan fingerprint density at radius 2 is 1.78 bits per heavy atom. The molecule has 4 N–H and O–H groups in total. The van der Waals surface area contributed by atoms with E-state index in [0.29, 0.717) is 17.9 Å². The fourth-order valence-corrected chi connectivity index (χ4v) is 4.22. The number of carbonyl (C=O) groups excluding carboxylic acids is 2. The Morgan fingerprint density at radius 3 is 2.36 bits per heavy atom. The number of aliphatic carboxylic acids is 1. The minimum Gasteiger partial charge on any atom is -0.478 e. The maximum atomic E-state index is 12.0. The molecule has 0 spiro atoms. The summed E-state index contributed by atoms with van der Waals surface area (Å²) >= 11 is 0. The van der Waals surface area contributed by atoms with Crippen molar-refractivity contribution in [2.45, 2.75) is 77.8 Å². The van der Waals surface area contributed by atoms with Crippen LogP contribution in [0.2, 0.25) is 0 Å².